The molecule has 6 nitrogen and oxygen atoms in total. The zero-order valence-electron chi connectivity index (χ0n) is 12.8. The molecule has 1 atom stereocenters. The maximum atomic E-state index is 12.6. The Morgan fingerprint density at radius 2 is 1.86 bits per heavy atom. The number of hydrogen-bond donors (Lipinski definition) is 2. The third kappa shape index (κ3) is 4.33. The Labute approximate surface area is 125 Å². The molecule has 0 saturated carbocycles. The Morgan fingerprint density at radius 1 is 1.19 bits per heavy atom. The highest BCUT2D eigenvalue weighted by molar-refractivity contribution is 5.75. The minimum atomic E-state index is -0.804. The smallest absolute Gasteiger partial charge is 0.320 e. The van der Waals surface area contributed by atoms with E-state index in [9.17, 15) is 14.7 Å². The van der Waals surface area contributed by atoms with Gasteiger partial charge in [-0.15, -0.1) is 0 Å². The highest BCUT2D eigenvalue weighted by atomic mass is 16.4. The van der Waals surface area contributed by atoms with Crippen LogP contribution in [0.25, 0.3) is 0 Å². The van der Waals surface area contributed by atoms with Crippen LogP contribution in [0.1, 0.15) is 51.9 Å². The van der Waals surface area contributed by atoms with Crippen molar-refractivity contribution in [3.05, 3.63) is 0 Å². The van der Waals surface area contributed by atoms with Gasteiger partial charge in [-0.1, -0.05) is 0 Å². The number of piperidine rings is 2. The molecule has 120 valence electrons. The normalized spacial score (nSPS) is 25.7. The first-order chi connectivity index (χ1) is 9.89. The molecule has 6 heteroatoms. The molecule has 2 N–H and O–H groups in total. The number of rotatable bonds is 3. The van der Waals surface area contributed by atoms with Gasteiger partial charge in [-0.25, -0.2) is 4.79 Å². The first-order valence-electron chi connectivity index (χ1n) is 7.89. The molecular weight excluding hydrogens is 272 g/mol. The van der Waals surface area contributed by atoms with E-state index in [1.165, 1.54) is 0 Å². The van der Waals surface area contributed by atoms with Crippen molar-refractivity contribution < 1.29 is 19.8 Å². The number of aliphatic hydroxyl groups is 1. The average Bonchev–Trinajstić information content (AvgIpc) is 2.44. The molecule has 0 aromatic heterocycles. The summed E-state index contributed by atoms with van der Waals surface area (Å²) in [6.07, 6.45) is 4.79. The number of amides is 2. The van der Waals surface area contributed by atoms with Crippen molar-refractivity contribution in [1.82, 2.24) is 9.80 Å². The number of carboxylic acids is 1. The molecule has 0 radical (unpaired) electrons. The summed E-state index contributed by atoms with van der Waals surface area (Å²) in [6, 6.07) is 0.0605. The lowest BCUT2D eigenvalue weighted by atomic mass is 9.93. The molecule has 2 amide bonds. The third-order valence-corrected chi connectivity index (χ3v) is 4.68. The number of carbonyl (C=O) groups is 2. The van der Waals surface area contributed by atoms with Crippen molar-refractivity contribution in [3.63, 3.8) is 0 Å². The van der Waals surface area contributed by atoms with Crippen LogP contribution in [0.4, 0.5) is 4.79 Å². The molecular formula is C15H26N2O4. The van der Waals surface area contributed by atoms with Gasteiger partial charge in [0.15, 0.2) is 0 Å². The van der Waals surface area contributed by atoms with Gasteiger partial charge >= 0.3 is 12.0 Å². The van der Waals surface area contributed by atoms with Gasteiger partial charge in [0.2, 0.25) is 0 Å². The molecule has 21 heavy (non-hydrogen) atoms. The first kappa shape index (κ1) is 16.1. The van der Waals surface area contributed by atoms with Crippen LogP contribution in [-0.4, -0.2) is 63.3 Å². The monoisotopic (exact) mass is 298 g/mol. The number of nitrogens with zero attached hydrogens (tertiary/aromatic N) is 2. The number of urea groups is 1. The Bertz CT molecular complexity index is 387. The summed E-state index contributed by atoms with van der Waals surface area (Å²) in [5.41, 5.74) is -0.665. The Balaban J connectivity index is 1.93. The van der Waals surface area contributed by atoms with Crippen LogP contribution in [0.15, 0.2) is 0 Å². The standard InChI is InChI=1S/C15H26N2O4/c1-15(21)7-10-16(11-8-15)14(20)17-9-3-2-4-12(17)5-6-13(18)19/h12,21H,2-11H2,1H3,(H,18,19). The number of carbonyl (C=O) groups excluding carboxylic acids is 1. The summed E-state index contributed by atoms with van der Waals surface area (Å²) >= 11 is 0. The first-order valence-corrected chi connectivity index (χ1v) is 7.89. The third-order valence-electron chi connectivity index (χ3n) is 4.68. The van der Waals surface area contributed by atoms with Crippen LogP contribution in [0.2, 0.25) is 0 Å². The van der Waals surface area contributed by atoms with E-state index < -0.39 is 11.6 Å². The van der Waals surface area contributed by atoms with Crippen LogP contribution >= 0.6 is 0 Å². The number of carboxylic acid groups (broad SMARTS) is 1. The zero-order chi connectivity index (χ0) is 15.5. The molecule has 2 rings (SSSR count). The van der Waals surface area contributed by atoms with E-state index in [-0.39, 0.29) is 18.5 Å². The van der Waals surface area contributed by atoms with Gasteiger partial charge in [-0.3, -0.25) is 4.79 Å². The molecule has 0 bridgehead atoms. The maximum absolute atomic E-state index is 12.6. The zero-order valence-corrected chi connectivity index (χ0v) is 12.8. The van der Waals surface area contributed by atoms with Gasteiger partial charge in [-0.2, -0.15) is 0 Å². The van der Waals surface area contributed by atoms with Crippen molar-refractivity contribution in [2.24, 2.45) is 0 Å². The van der Waals surface area contributed by atoms with Crippen LogP contribution in [0, 0.1) is 0 Å². The molecule has 0 spiro atoms. The van der Waals surface area contributed by atoms with Gasteiger partial charge in [0.1, 0.15) is 0 Å². The van der Waals surface area contributed by atoms with Gasteiger partial charge in [0.05, 0.1) is 5.60 Å². The van der Waals surface area contributed by atoms with Gasteiger partial charge in [-0.05, 0) is 45.4 Å². The highest BCUT2D eigenvalue weighted by Crippen LogP contribution is 2.26. The number of aliphatic carboxylic acids is 1. The van der Waals surface area contributed by atoms with Crippen LogP contribution < -0.4 is 0 Å². The molecule has 2 saturated heterocycles. The highest BCUT2D eigenvalue weighted by Gasteiger charge is 2.34. The molecule has 0 aliphatic carbocycles. The lowest BCUT2D eigenvalue weighted by molar-refractivity contribution is -0.137. The van der Waals surface area contributed by atoms with E-state index in [0.29, 0.717) is 32.4 Å². The summed E-state index contributed by atoms with van der Waals surface area (Å²) < 4.78 is 0. The second kappa shape index (κ2) is 6.64. The number of likely N-dealkylation sites (tertiary alicyclic amines) is 2. The molecule has 0 aromatic rings. The maximum Gasteiger partial charge on any atom is 0.320 e. The Morgan fingerprint density at radius 3 is 2.48 bits per heavy atom. The SMILES string of the molecule is CC1(O)CCN(C(=O)N2CCCCC2CCC(=O)O)CC1. The molecule has 2 heterocycles. The molecule has 1 unspecified atom stereocenters. The topological polar surface area (TPSA) is 81.1 Å². The fourth-order valence-corrected chi connectivity index (χ4v) is 3.20. The van der Waals surface area contributed by atoms with Crippen LogP contribution in [0.5, 0.6) is 0 Å². The Kier molecular flexibility index (Phi) is 5.08. The van der Waals surface area contributed by atoms with E-state index in [2.05, 4.69) is 0 Å². The number of hydrogen-bond acceptors (Lipinski definition) is 3. The Hall–Kier alpha value is -1.30. The largest absolute Gasteiger partial charge is 0.481 e. The van der Waals surface area contributed by atoms with Crippen molar-refractivity contribution >= 4 is 12.0 Å². The lowest BCUT2D eigenvalue weighted by Gasteiger charge is -2.42. The van der Waals surface area contributed by atoms with Crippen molar-refractivity contribution in [2.45, 2.75) is 63.5 Å². The second-order valence-electron chi connectivity index (χ2n) is 6.54. The van der Waals surface area contributed by atoms with Crippen molar-refractivity contribution in [3.8, 4) is 0 Å². The van der Waals surface area contributed by atoms with E-state index >= 15 is 0 Å². The van der Waals surface area contributed by atoms with Crippen LogP contribution in [-0.2, 0) is 4.79 Å². The fourth-order valence-electron chi connectivity index (χ4n) is 3.20. The van der Waals surface area contributed by atoms with Crippen LogP contribution in [0.3, 0.4) is 0 Å². The molecule has 2 aliphatic heterocycles. The average molecular weight is 298 g/mol. The fraction of sp³-hybridized carbons (Fsp3) is 0.867. The predicted molar refractivity (Wildman–Crippen MR) is 78.0 cm³/mol. The molecule has 2 aliphatic rings. The summed E-state index contributed by atoms with van der Waals surface area (Å²) in [6.45, 7) is 3.68. The second-order valence-corrected chi connectivity index (χ2v) is 6.54. The minimum absolute atomic E-state index is 0.0144. The summed E-state index contributed by atoms with van der Waals surface area (Å²) in [7, 11) is 0. The quantitative estimate of drug-likeness (QED) is 0.830. The van der Waals surface area contributed by atoms with E-state index in [4.69, 9.17) is 5.11 Å². The van der Waals surface area contributed by atoms with E-state index in [1.807, 2.05) is 11.8 Å². The minimum Gasteiger partial charge on any atom is -0.481 e. The molecule has 0 aromatic carbocycles. The van der Waals surface area contributed by atoms with Crippen molar-refractivity contribution in [2.75, 3.05) is 19.6 Å². The summed E-state index contributed by atoms with van der Waals surface area (Å²) in [4.78, 5) is 27.0. The van der Waals surface area contributed by atoms with Gasteiger partial charge < -0.3 is 20.0 Å². The lowest BCUT2D eigenvalue weighted by Crippen LogP contribution is -2.54. The molecule has 2 fully saturated rings. The van der Waals surface area contributed by atoms with Crippen molar-refractivity contribution in [1.29, 1.82) is 0 Å². The predicted octanol–water partition coefficient (Wildman–Crippen LogP) is 1.67. The van der Waals surface area contributed by atoms with Gasteiger partial charge in [0.25, 0.3) is 0 Å². The summed E-state index contributed by atoms with van der Waals surface area (Å²) in [5, 5.41) is 18.8. The van der Waals surface area contributed by atoms with E-state index in [1.54, 1.807) is 4.90 Å². The summed E-state index contributed by atoms with van der Waals surface area (Å²) in [5.74, 6) is -0.804. The van der Waals surface area contributed by atoms with Gasteiger partial charge in [0, 0.05) is 32.1 Å². The van der Waals surface area contributed by atoms with E-state index in [0.717, 1.165) is 25.8 Å².